The van der Waals surface area contributed by atoms with Crippen LogP contribution in [0.5, 0.6) is 5.75 Å². The number of benzene rings is 1. The highest BCUT2D eigenvalue weighted by atomic mass is 16.5. The molecule has 3 heteroatoms. The molecule has 0 N–H and O–H groups in total. The van der Waals surface area contributed by atoms with Crippen LogP contribution in [0.4, 0.5) is 5.69 Å². The van der Waals surface area contributed by atoms with E-state index in [1.807, 2.05) is 6.07 Å². The maximum Gasteiger partial charge on any atom is 0.142 e. The monoisotopic (exact) mass is 244 g/mol. The first-order valence-electron chi connectivity index (χ1n) is 6.73. The lowest BCUT2D eigenvalue weighted by atomic mass is 10.1. The summed E-state index contributed by atoms with van der Waals surface area (Å²) in [5.41, 5.74) is 2.56. The smallest absolute Gasteiger partial charge is 0.142 e. The number of ether oxygens (including phenoxy) is 1. The summed E-state index contributed by atoms with van der Waals surface area (Å²) >= 11 is 0. The highest BCUT2D eigenvalue weighted by Crippen LogP contribution is 2.37. The van der Waals surface area contributed by atoms with Crippen LogP contribution in [0.15, 0.2) is 18.2 Å². The topological polar surface area (TPSA) is 36.3 Å². The Bertz CT molecular complexity index is 437. The third-order valence-corrected chi connectivity index (χ3v) is 3.30. The van der Waals surface area contributed by atoms with Gasteiger partial charge in [-0.2, -0.15) is 5.26 Å². The molecular formula is C15H20N2O. The molecule has 1 heterocycles. The summed E-state index contributed by atoms with van der Waals surface area (Å²) in [6.07, 6.45) is 3.86. The Morgan fingerprint density at radius 1 is 1.44 bits per heavy atom. The SMILES string of the molecule is CCCCOc1cccc2c1N(CCC#N)CC2. The molecule has 2 rings (SSSR count). The number of hydrogen-bond acceptors (Lipinski definition) is 3. The number of nitrogens with zero attached hydrogens (tertiary/aromatic N) is 2. The molecule has 18 heavy (non-hydrogen) atoms. The standard InChI is InChI=1S/C15H20N2O/c1-2-3-12-18-14-7-4-6-13-8-11-17(15(13)14)10-5-9-16/h4,6-7H,2-3,5,8,10-12H2,1H3. The van der Waals surface area contributed by atoms with Crippen molar-refractivity contribution in [1.29, 1.82) is 5.26 Å². The van der Waals surface area contributed by atoms with Gasteiger partial charge in [0.25, 0.3) is 0 Å². The molecule has 0 unspecified atom stereocenters. The van der Waals surface area contributed by atoms with E-state index < -0.39 is 0 Å². The molecule has 1 aliphatic rings. The van der Waals surface area contributed by atoms with Gasteiger partial charge < -0.3 is 9.64 Å². The van der Waals surface area contributed by atoms with Gasteiger partial charge in [-0.15, -0.1) is 0 Å². The molecule has 0 aromatic heterocycles. The second kappa shape index (κ2) is 6.30. The molecule has 0 saturated heterocycles. The average Bonchev–Trinajstić information content (AvgIpc) is 2.81. The number of nitriles is 1. The number of unbranched alkanes of at least 4 members (excludes halogenated alkanes) is 1. The molecule has 0 amide bonds. The van der Waals surface area contributed by atoms with Gasteiger partial charge in [-0.05, 0) is 24.5 Å². The highest BCUT2D eigenvalue weighted by molar-refractivity contribution is 5.67. The minimum atomic E-state index is 0.572. The van der Waals surface area contributed by atoms with Crippen molar-refractivity contribution in [3.05, 3.63) is 23.8 Å². The fraction of sp³-hybridized carbons (Fsp3) is 0.533. The summed E-state index contributed by atoms with van der Waals surface area (Å²) in [6, 6.07) is 8.48. The Labute approximate surface area is 109 Å². The number of rotatable bonds is 6. The van der Waals surface area contributed by atoms with Gasteiger partial charge in [0, 0.05) is 13.1 Å². The first kappa shape index (κ1) is 12.8. The lowest BCUT2D eigenvalue weighted by Crippen LogP contribution is -2.22. The Hall–Kier alpha value is -1.69. The maximum atomic E-state index is 8.71. The minimum absolute atomic E-state index is 0.572. The van der Waals surface area contributed by atoms with Gasteiger partial charge in [-0.1, -0.05) is 25.5 Å². The van der Waals surface area contributed by atoms with Crippen LogP contribution >= 0.6 is 0 Å². The third-order valence-electron chi connectivity index (χ3n) is 3.30. The van der Waals surface area contributed by atoms with Crippen LogP contribution < -0.4 is 9.64 Å². The molecule has 1 aromatic carbocycles. The van der Waals surface area contributed by atoms with Gasteiger partial charge in [0.15, 0.2) is 0 Å². The van der Waals surface area contributed by atoms with E-state index in [0.29, 0.717) is 6.42 Å². The van der Waals surface area contributed by atoms with E-state index in [0.717, 1.165) is 44.7 Å². The predicted octanol–water partition coefficient (Wildman–Crippen LogP) is 3.14. The van der Waals surface area contributed by atoms with Crippen molar-refractivity contribution in [3.63, 3.8) is 0 Å². The van der Waals surface area contributed by atoms with Crippen molar-refractivity contribution in [2.75, 3.05) is 24.6 Å². The number of fused-ring (bicyclic) bond motifs is 1. The zero-order valence-corrected chi connectivity index (χ0v) is 11.0. The zero-order chi connectivity index (χ0) is 12.8. The summed E-state index contributed by atoms with van der Waals surface area (Å²) in [7, 11) is 0. The van der Waals surface area contributed by atoms with Crippen LogP contribution in [-0.4, -0.2) is 19.7 Å². The van der Waals surface area contributed by atoms with E-state index in [-0.39, 0.29) is 0 Å². The van der Waals surface area contributed by atoms with E-state index in [4.69, 9.17) is 10.00 Å². The molecule has 0 bridgehead atoms. The van der Waals surface area contributed by atoms with Gasteiger partial charge in [0.05, 0.1) is 24.8 Å². The molecule has 0 radical (unpaired) electrons. The van der Waals surface area contributed by atoms with Crippen LogP contribution in [0, 0.1) is 11.3 Å². The molecule has 1 aliphatic heterocycles. The third kappa shape index (κ3) is 2.76. The fourth-order valence-electron chi connectivity index (χ4n) is 2.35. The number of para-hydroxylation sites is 1. The number of anilines is 1. The second-order valence-electron chi connectivity index (χ2n) is 4.61. The Balaban J connectivity index is 2.12. The van der Waals surface area contributed by atoms with Crippen molar-refractivity contribution >= 4 is 5.69 Å². The van der Waals surface area contributed by atoms with Crippen LogP contribution in [0.1, 0.15) is 31.7 Å². The van der Waals surface area contributed by atoms with Gasteiger partial charge in [0.2, 0.25) is 0 Å². The lowest BCUT2D eigenvalue weighted by Gasteiger charge is -2.21. The largest absolute Gasteiger partial charge is 0.491 e. The minimum Gasteiger partial charge on any atom is -0.491 e. The van der Waals surface area contributed by atoms with Gasteiger partial charge >= 0.3 is 0 Å². The molecule has 0 aliphatic carbocycles. The summed E-state index contributed by atoms with van der Waals surface area (Å²) < 4.78 is 5.87. The average molecular weight is 244 g/mol. The van der Waals surface area contributed by atoms with E-state index >= 15 is 0 Å². The van der Waals surface area contributed by atoms with Gasteiger partial charge in [-0.25, -0.2) is 0 Å². The van der Waals surface area contributed by atoms with Crippen molar-refractivity contribution in [1.82, 2.24) is 0 Å². The van der Waals surface area contributed by atoms with E-state index in [1.165, 1.54) is 11.3 Å². The molecule has 0 fully saturated rings. The van der Waals surface area contributed by atoms with Crippen LogP contribution in [-0.2, 0) is 6.42 Å². The Morgan fingerprint density at radius 3 is 3.11 bits per heavy atom. The van der Waals surface area contributed by atoms with Crippen LogP contribution in [0.25, 0.3) is 0 Å². The first-order chi connectivity index (χ1) is 8.86. The molecule has 0 atom stereocenters. The maximum absolute atomic E-state index is 8.71. The zero-order valence-electron chi connectivity index (χ0n) is 11.0. The summed E-state index contributed by atoms with van der Waals surface area (Å²) in [4.78, 5) is 2.28. The molecule has 0 saturated carbocycles. The predicted molar refractivity (Wildman–Crippen MR) is 73.0 cm³/mol. The van der Waals surface area contributed by atoms with Crippen LogP contribution in [0.3, 0.4) is 0 Å². The van der Waals surface area contributed by atoms with Crippen molar-refractivity contribution in [3.8, 4) is 11.8 Å². The Kier molecular flexibility index (Phi) is 4.46. The molecule has 96 valence electrons. The second-order valence-corrected chi connectivity index (χ2v) is 4.61. The molecular weight excluding hydrogens is 224 g/mol. The number of hydrogen-bond donors (Lipinski definition) is 0. The molecule has 1 aromatic rings. The normalized spacial score (nSPS) is 13.2. The molecule has 3 nitrogen and oxygen atoms in total. The van der Waals surface area contributed by atoms with Crippen LogP contribution in [0.2, 0.25) is 0 Å². The Morgan fingerprint density at radius 2 is 2.33 bits per heavy atom. The first-order valence-corrected chi connectivity index (χ1v) is 6.73. The van der Waals surface area contributed by atoms with E-state index in [2.05, 4.69) is 30.0 Å². The highest BCUT2D eigenvalue weighted by Gasteiger charge is 2.22. The van der Waals surface area contributed by atoms with E-state index in [9.17, 15) is 0 Å². The van der Waals surface area contributed by atoms with Crippen molar-refractivity contribution in [2.24, 2.45) is 0 Å². The van der Waals surface area contributed by atoms with E-state index in [1.54, 1.807) is 0 Å². The van der Waals surface area contributed by atoms with Gasteiger partial charge in [0.1, 0.15) is 5.75 Å². The van der Waals surface area contributed by atoms with Crippen molar-refractivity contribution < 1.29 is 4.74 Å². The quantitative estimate of drug-likeness (QED) is 0.721. The summed E-state index contributed by atoms with van der Waals surface area (Å²) in [5, 5.41) is 8.71. The lowest BCUT2D eigenvalue weighted by molar-refractivity contribution is 0.310. The fourth-order valence-corrected chi connectivity index (χ4v) is 2.35. The van der Waals surface area contributed by atoms with Crippen molar-refractivity contribution in [2.45, 2.75) is 32.6 Å². The van der Waals surface area contributed by atoms with Gasteiger partial charge in [-0.3, -0.25) is 0 Å². The summed E-state index contributed by atoms with van der Waals surface area (Å²) in [5.74, 6) is 0.983. The summed E-state index contributed by atoms with van der Waals surface area (Å²) in [6.45, 7) is 4.75. The molecule has 0 spiro atoms.